The second kappa shape index (κ2) is 16.9. The maximum absolute atomic E-state index is 13.3. The van der Waals surface area contributed by atoms with Crippen molar-refractivity contribution in [1.29, 1.82) is 0 Å². The maximum atomic E-state index is 13.3. The number of thiazole rings is 1. The van der Waals surface area contributed by atoms with Crippen LogP contribution < -0.4 is 80.4 Å². The van der Waals surface area contributed by atoms with Gasteiger partial charge < -0.3 is 45.9 Å². The third-order valence-electron chi connectivity index (χ3n) is 5.86. The number of carbonyl (C=O) groups is 4. The molecule has 2 aliphatic heterocycles. The summed E-state index contributed by atoms with van der Waals surface area (Å²) in [6.07, 6.45) is 1.54. The van der Waals surface area contributed by atoms with Crippen LogP contribution >= 0.6 is 58.2 Å². The Morgan fingerprint density at radius 2 is 2.00 bits per heavy atom. The average Bonchev–Trinajstić information content (AvgIpc) is 3.67. The number of β-lactam (4-membered cyclic amide) rings is 1. The molecule has 0 bridgehead atoms. The molecular formula is C23H17N7Na2O9S5. The number of phenolic OH excluding ortho intramolecular Hbond substituents is 2. The zero-order valence-corrected chi connectivity index (χ0v) is 31.7. The minimum absolute atomic E-state index is 0. The molecule has 3 aromatic rings. The van der Waals surface area contributed by atoms with Crippen LogP contribution in [0.5, 0.6) is 11.5 Å². The van der Waals surface area contributed by atoms with Gasteiger partial charge in [0, 0.05) is 21.8 Å². The van der Waals surface area contributed by atoms with E-state index in [1.54, 1.807) is 6.20 Å². The Morgan fingerprint density at radius 1 is 1.24 bits per heavy atom. The standard InChI is InChI=1S/C23H19N7O9S5.2Na/c24-23-26-10(7-42-23)14(28-39-22(21(37)38)43-9-1-2-11(31)12(32)3-9)17(33)27-15-18(34)30-16(20(35)36)8(6-41-19(15)30)5-40-13-4-25-29-44-13;;/h1-4,7,15,19,22,31-32H,5-6H2,(H2,24,26)(H,27,33)(H,35,36)(H,37,38);;/q;2*+1/p-2/b28-14-;;/t15-,19+,22-;;/m1../s1. The third-order valence-corrected chi connectivity index (χ3v) is 10.8. The van der Waals surface area contributed by atoms with Gasteiger partial charge in [-0.1, -0.05) is 21.4 Å². The van der Waals surface area contributed by atoms with Crippen molar-refractivity contribution in [3.8, 4) is 11.5 Å². The van der Waals surface area contributed by atoms with E-state index in [4.69, 9.17) is 10.6 Å². The zero-order valence-electron chi connectivity index (χ0n) is 23.6. The monoisotopic (exact) mass is 741 g/mol. The number of carboxylic acids is 2. The fourth-order valence-corrected chi connectivity index (χ4v) is 8.10. The van der Waals surface area contributed by atoms with Crippen LogP contribution in [0.2, 0.25) is 0 Å². The fourth-order valence-electron chi connectivity index (χ4n) is 3.89. The van der Waals surface area contributed by atoms with Gasteiger partial charge in [-0.15, -0.1) is 40.0 Å². The van der Waals surface area contributed by atoms with Gasteiger partial charge in [-0.3, -0.25) is 14.5 Å². The molecule has 16 nitrogen and oxygen atoms in total. The number of anilines is 1. The van der Waals surface area contributed by atoms with E-state index in [1.807, 2.05) is 0 Å². The summed E-state index contributed by atoms with van der Waals surface area (Å²) < 4.78 is 4.52. The second-order valence-electron chi connectivity index (χ2n) is 8.66. The van der Waals surface area contributed by atoms with E-state index in [0.29, 0.717) is 17.3 Å². The van der Waals surface area contributed by atoms with Crippen LogP contribution in [0.15, 0.2) is 55.3 Å². The number of aromatic nitrogens is 3. The fraction of sp³-hybridized carbons (Fsp3) is 0.217. The molecule has 23 heteroatoms. The minimum atomic E-state index is -1.82. The Bertz CT molecular complexity index is 1690. The molecule has 1 aromatic carbocycles. The second-order valence-corrected chi connectivity index (χ2v) is 13.9. The molecule has 1 saturated heterocycles. The summed E-state index contributed by atoms with van der Waals surface area (Å²) in [5.41, 5.74) is 3.47. The van der Waals surface area contributed by atoms with Gasteiger partial charge >= 0.3 is 59.1 Å². The first kappa shape index (κ1) is 38.4. The topological polar surface area (TPSA) is 256 Å². The summed E-state index contributed by atoms with van der Waals surface area (Å²) in [5, 5.41) is 53.5. The summed E-state index contributed by atoms with van der Waals surface area (Å²) in [5.74, 6) is -5.37. The van der Waals surface area contributed by atoms with Gasteiger partial charge in [-0.05, 0) is 35.3 Å². The summed E-state index contributed by atoms with van der Waals surface area (Å²) >= 11 is 5.21. The van der Waals surface area contributed by atoms with Crippen LogP contribution in [0, 0.1) is 0 Å². The number of amides is 2. The molecule has 2 amide bonds. The molecule has 0 saturated carbocycles. The predicted octanol–water partition coefficient (Wildman–Crippen LogP) is -7.22. The van der Waals surface area contributed by atoms with Crippen LogP contribution in [0.1, 0.15) is 5.69 Å². The number of nitrogens with zero attached hydrogens (tertiary/aromatic N) is 5. The first-order valence-electron chi connectivity index (χ1n) is 12.0. The Hall–Kier alpha value is -2.05. The van der Waals surface area contributed by atoms with E-state index in [1.165, 1.54) is 35.0 Å². The maximum Gasteiger partial charge on any atom is 1.00 e. The SMILES string of the molecule is Nc1nc(/C(=N/O[C@H](Sc2ccc(O)c(O)c2)C(=O)[O-])C(=O)N[C@@H]2C(=O)N3C(C(=O)[O-])=C(CSc4cnns4)CS[C@@H]23)cs1.[Na+].[Na+]. The number of carboxylic acid groups (broad SMARTS) is 2. The van der Waals surface area contributed by atoms with Gasteiger partial charge in [-0.25, -0.2) is 4.98 Å². The molecule has 230 valence electrons. The number of oxime groups is 1. The minimum Gasteiger partial charge on any atom is -0.545 e. The predicted molar refractivity (Wildman–Crippen MR) is 156 cm³/mol. The van der Waals surface area contributed by atoms with Crippen LogP contribution in [0.3, 0.4) is 0 Å². The van der Waals surface area contributed by atoms with Crippen LogP contribution in [-0.4, -0.2) is 87.5 Å². The molecule has 5 rings (SSSR count). The molecule has 0 aliphatic carbocycles. The number of rotatable bonds is 12. The van der Waals surface area contributed by atoms with Gasteiger partial charge in [0.2, 0.25) is 5.44 Å². The molecule has 0 unspecified atom stereocenters. The summed E-state index contributed by atoms with van der Waals surface area (Å²) in [6.45, 7) is 0. The smallest absolute Gasteiger partial charge is 0.545 e. The number of aliphatic carboxylic acids is 2. The Kier molecular flexibility index (Phi) is 14.1. The van der Waals surface area contributed by atoms with Gasteiger partial charge in [-0.2, -0.15) is 0 Å². The largest absolute Gasteiger partial charge is 1.00 e. The number of hydrogen-bond acceptors (Lipinski definition) is 19. The number of carbonyl (C=O) groups excluding carboxylic acids is 4. The number of nitrogens with two attached hydrogens (primary N) is 1. The average molecular weight is 742 g/mol. The molecule has 3 atom stereocenters. The van der Waals surface area contributed by atoms with Gasteiger partial charge in [0.15, 0.2) is 22.3 Å². The molecule has 2 aliphatic rings. The van der Waals surface area contributed by atoms with Crippen molar-refractivity contribution in [2.75, 3.05) is 17.2 Å². The van der Waals surface area contributed by atoms with Crippen LogP contribution in [0.25, 0.3) is 0 Å². The number of thioether (sulfide) groups is 3. The van der Waals surface area contributed by atoms with Gasteiger partial charge in [0.05, 0.1) is 23.8 Å². The Labute approximate surface area is 324 Å². The molecule has 2 aromatic heterocycles. The summed E-state index contributed by atoms with van der Waals surface area (Å²) in [7, 11) is 0. The molecule has 0 spiro atoms. The molecule has 46 heavy (non-hydrogen) atoms. The normalized spacial score (nSPS) is 18.0. The van der Waals surface area contributed by atoms with Crippen LogP contribution in [-0.2, 0) is 24.0 Å². The van der Waals surface area contributed by atoms with Crippen molar-refractivity contribution in [1.82, 2.24) is 24.8 Å². The van der Waals surface area contributed by atoms with Crippen LogP contribution in [0.4, 0.5) is 5.13 Å². The van der Waals surface area contributed by atoms with Crippen molar-refractivity contribution in [2.45, 2.75) is 26.0 Å². The molecule has 5 N–H and O–H groups in total. The number of phenols is 2. The Balaban J connectivity index is 0.00000288. The van der Waals surface area contributed by atoms with E-state index >= 15 is 0 Å². The van der Waals surface area contributed by atoms with Crippen molar-refractivity contribution in [3.05, 3.63) is 46.7 Å². The first-order chi connectivity index (χ1) is 21.0. The Morgan fingerprint density at radius 3 is 2.61 bits per heavy atom. The number of benzene rings is 1. The number of nitrogen functional groups attached to an aromatic ring is 1. The van der Waals surface area contributed by atoms with E-state index < -0.39 is 57.8 Å². The van der Waals surface area contributed by atoms with Crippen molar-refractivity contribution in [2.24, 2.45) is 5.16 Å². The number of hydrogen-bond donors (Lipinski definition) is 4. The van der Waals surface area contributed by atoms with Crippen molar-refractivity contribution in [3.63, 3.8) is 0 Å². The van der Waals surface area contributed by atoms with E-state index in [9.17, 15) is 39.6 Å². The molecule has 1 fully saturated rings. The van der Waals surface area contributed by atoms with Crippen molar-refractivity contribution >= 4 is 92.8 Å². The van der Waals surface area contributed by atoms with E-state index in [0.717, 1.165) is 44.1 Å². The number of aromatic hydroxyl groups is 2. The van der Waals surface area contributed by atoms with E-state index in [-0.39, 0.29) is 92.0 Å². The number of fused-ring (bicyclic) bond motifs is 1. The molecule has 0 radical (unpaired) electrons. The quantitative estimate of drug-likeness (QED) is 0.0256. The molecular weight excluding hydrogens is 725 g/mol. The van der Waals surface area contributed by atoms with E-state index in [2.05, 4.69) is 25.0 Å². The van der Waals surface area contributed by atoms with Gasteiger partial charge in [0.25, 0.3) is 11.8 Å². The van der Waals surface area contributed by atoms with Gasteiger partial charge in [0.1, 0.15) is 21.3 Å². The molecule has 4 heterocycles. The zero-order chi connectivity index (χ0) is 31.5. The summed E-state index contributed by atoms with van der Waals surface area (Å²) in [4.78, 5) is 60.6. The van der Waals surface area contributed by atoms with Crippen molar-refractivity contribution < 1.29 is 104 Å². The third kappa shape index (κ3) is 8.69. The summed E-state index contributed by atoms with van der Waals surface area (Å²) in [6, 6.07) is 2.37. The number of nitrogens with one attached hydrogen (secondary N) is 1. The first-order valence-corrected chi connectivity index (χ1v) is 16.5.